The van der Waals surface area contributed by atoms with Crippen LogP contribution < -0.4 is 15.4 Å². The molecule has 0 aliphatic heterocycles. The average Bonchev–Trinajstić information content (AvgIpc) is 2.39. The van der Waals surface area contributed by atoms with Gasteiger partial charge in [0.1, 0.15) is 12.4 Å². The number of rotatable bonds is 8. The average molecular weight is 280 g/mol. The van der Waals surface area contributed by atoms with Crippen LogP contribution in [-0.4, -0.2) is 38.3 Å². The lowest BCUT2D eigenvalue weighted by atomic mass is 10.0. The number of methoxy groups -OCH3 is 1. The number of nitrogens with one attached hydrogen (secondary N) is 2. The van der Waals surface area contributed by atoms with Gasteiger partial charge in [-0.15, -0.1) is 0 Å². The van der Waals surface area contributed by atoms with Gasteiger partial charge in [0.05, 0.1) is 12.1 Å². The van der Waals surface area contributed by atoms with Crippen LogP contribution in [0, 0.1) is 0 Å². The molecule has 0 saturated carbocycles. The fourth-order valence-electron chi connectivity index (χ4n) is 1.72. The van der Waals surface area contributed by atoms with E-state index in [2.05, 4.69) is 10.6 Å². The second-order valence-corrected chi connectivity index (χ2v) is 4.98. The van der Waals surface area contributed by atoms with Crippen LogP contribution in [0.15, 0.2) is 24.3 Å². The predicted molar refractivity (Wildman–Crippen MR) is 80.2 cm³/mol. The quantitative estimate of drug-likeness (QED) is 0.715. The van der Waals surface area contributed by atoms with Crippen LogP contribution in [0.3, 0.4) is 0 Å². The van der Waals surface area contributed by atoms with Crippen LogP contribution in [0.25, 0.3) is 0 Å². The Hall–Kier alpha value is -1.59. The van der Waals surface area contributed by atoms with E-state index in [0.717, 1.165) is 12.2 Å². The molecule has 0 saturated heterocycles. The molecule has 0 aliphatic rings. The third-order valence-electron chi connectivity index (χ3n) is 2.83. The Morgan fingerprint density at radius 2 is 2.05 bits per heavy atom. The molecular weight excluding hydrogens is 256 g/mol. The van der Waals surface area contributed by atoms with Crippen molar-refractivity contribution in [2.75, 3.05) is 32.2 Å². The van der Waals surface area contributed by atoms with Crippen molar-refractivity contribution >= 4 is 11.6 Å². The Morgan fingerprint density at radius 1 is 1.30 bits per heavy atom. The van der Waals surface area contributed by atoms with Crippen LogP contribution in [0.1, 0.15) is 20.8 Å². The third kappa shape index (κ3) is 5.19. The van der Waals surface area contributed by atoms with Gasteiger partial charge in [0.25, 0.3) is 0 Å². The second kappa shape index (κ2) is 7.87. The summed E-state index contributed by atoms with van der Waals surface area (Å²) in [5.41, 5.74) is 0.109. The second-order valence-electron chi connectivity index (χ2n) is 4.98. The lowest BCUT2D eigenvalue weighted by Crippen LogP contribution is -2.49. The third-order valence-corrected chi connectivity index (χ3v) is 2.83. The number of hydrogen-bond donors (Lipinski definition) is 2. The molecule has 0 bridgehead atoms. The predicted octanol–water partition coefficient (Wildman–Crippen LogP) is 2.04. The van der Waals surface area contributed by atoms with Gasteiger partial charge in [-0.2, -0.15) is 0 Å². The van der Waals surface area contributed by atoms with Crippen molar-refractivity contribution in [2.45, 2.75) is 26.3 Å². The van der Waals surface area contributed by atoms with Crippen LogP contribution in [0.2, 0.25) is 0 Å². The molecule has 0 unspecified atom stereocenters. The Labute approximate surface area is 120 Å². The first-order chi connectivity index (χ1) is 9.49. The van der Waals surface area contributed by atoms with Gasteiger partial charge in [0.15, 0.2) is 0 Å². The van der Waals surface area contributed by atoms with Gasteiger partial charge in [-0.3, -0.25) is 4.79 Å². The van der Waals surface area contributed by atoms with E-state index in [1.165, 1.54) is 0 Å². The summed E-state index contributed by atoms with van der Waals surface area (Å²) in [5, 5.41) is 6.02. The highest BCUT2D eigenvalue weighted by Crippen LogP contribution is 2.18. The molecule has 0 fully saturated rings. The van der Waals surface area contributed by atoms with Gasteiger partial charge >= 0.3 is 0 Å². The fourth-order valence-corrected chi connectivity index (χ4v) is 1.72. The van der Waals surface area contributed by atoms with Crippen molar-refractivity contribution in [3.05, 3.63) is 24.3 Å². The number of benzene rings is 1. The summed E-state index contributed by atoms with van der Waals surface area (Å²) < 4.78 is 10.4. The van der Waals surface area contributed by atoms with Gasteiger partial charge in [0.2, 0.25) is 5.91 Å². The number of carbonyl (C=O) groups excluding carboxylic acids is 1. The lowest BCUT2D eigenvalue weighted by Gasteiger charge is -2.24. The standard InChI is InChI=1S/C15H24N2O3/c1-5-16-15(2,3)14(18)17-12-7-6-8-13(11-12)20-10-9-19-4/h6-8,11,16H,5,9-10H2,1-4H3,(H,17,18). The number of carbonyl (C=O) groups is 1. The smallest absolute Gasteiger partial charge is 0.244 e. The van der Waals surface area contributed by atoms with Crippen molar-refractivity contribution in [1.29, 1.82) is 0 Å². The molecule has 1 aromatic carbocycles. The maximum absolute atomic E-state index is 12.2. The van der Waals surface area contributed by atoms with Crippen LogP contribution >= 0.6 is 0 Å². The van der Waals surface area contributed by atoms with Gasteiger partial charge < -0.3 is 20.1 Å². The molecule has 1 rings (SSSR count). The minimum atomic E-state index is -0.609. The van der Waals surface area contributed by atoms with Crippen molar-refractivity contribution in [3.8, 4) is 5.75 Å². The molecule has 1 amide bonds. The maximum Gasteiger partial charge on any atom is 0.244 e. The number of likely N-dealkylation sites (N-methyl/N-ethyl adjacent to an activating group) is 1. The summed E-state index contributed by atoms with van der Waals surface area (Å²) in [6.45, 7) is 7.43. The summed E-state index contributed by atoms with van der Waals surface area (Å²) in [6, 6.07) is 7.33. The minimum Gasteiger partial charge on any atom is -0.491 e. The first kappa shape index (κ1) is 16.5. The molecule has 112 valence electrons. The molecule has 5 nitrogen and oxygen atoms in total. The van der Waals surface area contributed by atoms with Crippen LogP contribution in [0.5, 0.6) is 5.75 Å². The Morgan fingerprint density at radius 3 is 2.70 bits per heavy atom. The molecule has 0 aromatic heterocycles. The number of ether oxygens (including phenoxy) is 2. The van der Waals surface area contributed by atoms with Gasteiger partial charge in [-0.05, 0) is 32.5 Å². The Bertz CT molecular complexity index is 433. The number of anilines is 1. The van der Waals surface area contributed by atoms with Gasteiger partial charge in [-0.25, -0.2) is 0 Å². The van der Waals surface area contributed by atoms with Crippen molar-refractivity contribution in [2.24, 2.45) is 0 Å². The monoisotopic (exact) mass is 280 g/mol. The van der Waals surface area contributed by atoms with E-state index in [-0.39, 0.29) is 5.91 Å². The Kier molecular flexibility index (Phi) is 6.48. The van der Waals surface area contributed by atoms with E-state index in [1.807, 2.05) is 39.0 Å². The molecular formula is C15H24N2O3. The topological polar surface area (TPSA) is 59.6 Å². The van der Waals surface area contributed by atoms with Crippen molar-refractivity contribution in [3.63, 3.8) is 0 Å². The summed E-state index contributed by atoms with van der Waals surface area (Å²) in [5.74, 6) is 0.634. The molecule has 0 atom stereocenters. The maximum atomic E-state index is 12.2. The highest BCUT2D eigenvalue weighted by atomic mass is 16.5. The van der Waals surface area contributed by atoms with E-state index in [0.29, 0.717) is 19.0 Å². The molecule has 20 heavy (non-hydrogen) atoms. The zero-order valence-corrected chi connectivity index (χ0v) is 12.7. The zero-order chi connectivity index (χ0) is 15.0. The highest BCUT2D eigenvalue weighted by molar-refractivity contribution is 5.97. The van der Waals surface area contributed by atoms with E-state index >= 15 is 0 Å². The lowest BCUT2D eigenvalue weighted by molar-refractivity contribution is -0.121. The number of amides is 1. The fraction of sp³-hybridized carbons (Fsp3) is 0.533. The van der Waals surface area contributed by atoms with Gasteiger partial charge in [0, 0.05) is 18.9 Å². The minimum absolute atomic E-state index is 0.0756. The van der Waals surface area contributed by atoms with Crippen LogP contribution in [0.4, 0.5) is 5.69 Å². The molecule has 1 aromatic rings. The largest absolute Gasteiger partial charge is 0.491 e. The Balaban J connectivity index is 2.63. The van der Waals surface area contributed by atoms with Crippen molar-refractivity contribution < 1.29 is 14.3 Å². The highest BCUT2D eigenvalue weighted by Gasteiger charge is 2.26. The molecule has 5 heteroatoms. The summed E-state index contributed by atoms with van der Waals surface area (Å²) in [7, 11) is 1.63. The first-order valence-electron chi connectivity index (χ1n) is 6.78. The summed E-state index contributed by atoms with van der Waals surface area (Å²) in [4.78, 5) is 12.2. The van der Waals surface area contributed by atoms with Crippen molar-refractivity contribution in [1.82, 2.24) is 5.32 Å². The molecule has 0 aliphatic carbocycles. The summed E-state index contributed by atoms with van der Waals surface area (Å²) >= 11 is 0. The molecule has 2 N–H and O–H groups in total. The first-order valence-corrected chi connectivity index (χ1v) is 6.78. The summed E-state index contributed by atoms with van der Waals surface area (Å²) in [6.07, 6.45) is 0. The number of hydrogen-bond acceptors (Lipinski definition) is 4. The molecule has 0 heterocycles. The van der Waals surface area contributed by atoms with E-state index in [9.17, 15) is 4.79 Å². The van der Waals surface area contributed by atoms with Gasteiger partial charge in [-0.1, -0.05) is 13.0 Å². The normalized spacial score (nSPS) is 11.2. The van der Waals surface area contributed by atoms with Crippen LogP contribution in [-0.2, 0) is 9.53 Å². The van der Waals surface area contributed by atoms with E-state index in [4.69, 9.17) is 9.47 Å². The molecule has 0 radical (unpaired) electrons. The SMILES string of the molecule is CCNC(C)(C)C(=O)Nc1cccc(OCCOC)c1. The zero-order valence-electron chi connectivity index (χ0n) is 12.7. The molecule has 0 spiro atoms. The van der Waals surface area contributed by atoms with E-state index in [1.54, 1.807) is 13.2 Å². The van der Waals surface area contributed by atoms with E-state index < -0.39 is 5.54 Å².